The van der Waals surface area contributed by atoms with Crippen molar-refractivity contribution in [1.29, 1.82) is 0 Å². The Bertz CT molecular complexity index is 2380. The Balaban J connectivity index is 0.000000197. The van der Waals surface area contributed by atoms with Crippen LogP contribution in [0.25, 0.3) is 0 Å². The third-order valence-electron chi connectivity index (χ3n) is 12.7. The largest absolute Gasteiger partial charge is 0.361 e. The summed E-state index contributed by atoms with van der Waals surface area (Å²) in [6.07, 6.45) is 2.74. The summed E-state index contributed by atoms with van der Waals surface area (Å²) in [6, 6.07) is 4.05. The molecule has 384 valence electrons. The summed E-state index contributed by atoms with van der Waals surface area (Å²) in [4.78, 5) is 68.0. The van der Waals surface area contributed by atoms with Crippen molar-refractivity contribution in [2.45, 2.75) is 135 Å². The fourth-order valence-electron chi connectivity index (χ4n) is 7.76. The van der Waals surface area contributed by atoms with E-state index in [0.29, 0.717) is 49.6 Å². The predicted molar refractivity (Wildman–Crippen MR) is 257 cm³/mol. The van der Waals surface area contributed by atoms with E-state index in [1.54, 1.807) is 12.1 Å². The lowest BCUT2D eigenvalue weighted by molar-refractivity contribution is -0.127. The lowest BCUT2D eigenvalue weighted by Gasteiger charge is -2.43. The summed E-state index contributed by atoms with van der Waals surface area (Å²) in [7, 11) is -6.09. The summed E-state index contributed by atoms with van der Waals surface area (Å²) in [5.74, 6) is 1.66. The maximum atomic E-state index is 12.6. The normalized spacial score (nSPS) is 22.0. The molecule has 23 heteroatoms. The van der Waals surface area contributed by atoms with Crippen molar-refractivity contribution in [2.75, 3.05) is 68.8 Å². The Labute approximate surface area is 411 Å². The number of Topliss-reactive ketones (excluding diaryl/α,β-unsaturated/α-hetero) is 3. The fourth-order valence-corrected chi connectivity index (χ4v) is 10.2. The Morgan fingerprint density at radius 1 is 0.536 bits per heavy atom. The zero-order chi connectivity index (χ0) is 50.0. The number of amides is 4. The van der Waals surface area contributed by atoms with Crippen molar-refractivity contribution in [3.8, 4) is 0 Å². The number of carbonyl (C=O) groups is 5. The molecule has 0 bridgehead atoms. The molecule has 20 nitrogen and oxygen atoms in total. The highest BCUT2D eigenvalue weighted by Gasteiger charge is 2.42. The molecule has 8 heterocycles. The fraction of sp³-hybridized carbons (Fsp3) is 0.696. The molecule has 4 amide bonds. The molecular weight excluding hydrogens is 956 g/mol. The molecule has 5 saturated heterocycles. The van der Waals surface area contributed by atoms with Crippen molar-refractivity contribution in [3.05, 3.63) is 52.6 Å². The molecule has 8 rings (SSSR count). The second-order valence-corrected chi connectivity index (χ2v) is 26.0. The summed E-state index contributed by atoms with van der Waals surface area (Å²) in [5, 5.41) is 15.1. The maximum absolute atomic E-state index is 12.6. The lowest BCUT2D eigenvalue weighted by Crippen LogP contribution is -2.60. The molecule has 69 heavy (non-hydrogen) atoms. The van der Waals surface area contributed by atoms with Gasteiger partial charge in [-0.05, 0) is 25.8 Å². The van der Waals surface area contributed by atoms with Gasteiger partial charge < -0.3 is 38.5 Å². The summed E-state index contributed by atoms with van der Waals surface area (Å²) in [5.41, 5.74) is 2.14. The predicted octanol–water partition coefficient (Wildman–Crippen LogP) is 3.88. The minimum atomic E-state index is -3.04. The molecule has 0 aliphatic carbocycles. The zero-order valence-corrected chi connectivity index (χ0v) is 43.7. The second kappa shape index (κ2) is 21.8. The van der Waals surface area contributed by atoms with E-state index in [-0.39, 0.29) is 126 Å². The molecular formula is C46H69ClN8O12S2. The van der Waals surface area contributed by atoms with Crippen LogP contribution in [0.15, 0.2) is 31.8 Å². The molecule has 5 fully saturated rings. The van der Waals surface area contributed by atoms with Crippen molar-refractivity contribution in [3.63, 3.8) is 0 Å². The molecule has 3 atom stereocenters. The number of hydrogen-bond acceptors (Lipinski definition) is 16. The first-order valence-electron chi connectivity index (χ1n) is 23.3. The monoisotopic (exact) mass is 1020 g/mol. The number of nitrogens with one attached hydrogen (secondary N) is 1. The van der Waals surface area contributed by atoms with Gasteiger partial charge in [0.1, 0.15) is 17.3 Å². The van der Waals surface area contributed by atoms with Gasteiger partial charge in [-0.25, -0.2) is 26.4 Å². The minimum absolute atomic E-state index is 0. The molecule has 3 aromatic rings. The number of halogens is 1. The summed E-state index contributed by atoms with van der Waals surface area (Å²) < 4.78 is 61.7. The van der Waals surface area contributed by atoms with Crippen LogP contribution in [0.5, 0.6) is 0 Å². The van der Waals surface area contributed by atoms with E-state index in [1.165, 1.54) is 19.6 Å². The first-order valence-corrected chi connectivity index (χ1v) is 27.0. The average molecular weight is 1030 g/mol. The van der Waals surface area contributed by atoms with Crippen LogP contribution in [-0.4, -0.2) is 168 Å². The highest BCUT2D eigenvalue weighted by atomic mass is 35.5. The number of urea groups is 2. The van der Waals surface area contributed by atoms with Gasteiger partial charge in [0.15, 0.2) is 37.0 Å². The summed E-state index contributed by atoms with van der Waals surface area (Å²) in [6.45, 7) is 21.0. The van der Waals surface area contributed by atoms with Crippen LogP contribution >= 0.6 is 12.4 Å². The standard InChI is InChI=1S/2C17H25N3O5S.C12H18N2O2.ClH/c2*1-17(2,3)15-11-12(25-18-15)10-14(21)13-4-5-20(13)16(22)19-6-8-26(23,24)9-7-19;1-12(2,3)11-7-8(16-14-11)6-10(15)9-4-5-13-9;/h2*11,13H,4-10H2,1-3H3;7,9,13H,4-6H2,1-3H3;1H/t2*13-;9-;/m000./s1. The van der Waals surface area contributed by atoms with Crippen molar-refractivity contribution in [2.24, 2.45) is 0 Å². The molecule has 0 aromatic carbocycles. The van der Waals surface area contributed by atoms with Gasteiger partial charge in [0.05, 0.1) is 77.5 Å². The number of rotatable bonds is 9. The number of likely N-dealkylation sites (tertiary alicyclic amines) is 2. The molecule has 3 aromatic heterocycles. The zero-order valence-electron chi connectivity index (χ0n) is 41.2. The number of carbonyl (C=O) groups excluding carboxylic acids is 5. The van der Waals surface area contributed by atoms with Gasteiger partial charge in [-0.3, -0.25) is 14.4 Å². The van der Waals surface area contributed by atoms with Crippen LogP contribution < -0.4 is 5.32 Å². The van der Waals surface area contributed by atoms with Gasteiger partial charge in [0.2, 0.25) is 0 Å². The van der Waals surface area contributed by atoms with E-state index in [1.807, 2.05) is 47.6 Å². The van der Waals surface area contributed by atoms with Crippen LogP contribution in [0, 0.1) is 0 Å². The third kappa shape index (κ3) is 14.5. The van der Waals surface area contributed by atoms with Gasteiger partial charge in [-0.1, -0.05) is 77.8 Å². The Hall–Kier alpha value is -4.67. The number of ketones is 3. The molecule has 0 radical (unpaired) electrons. The van der Waals surface area contributed by atoms with Crippen LogP contribution in [0.3, 0.4) is 0 Å². The van der Waals surface area contributed by atoms with Gasteiger partial charge in [-0.2, -0.15) is 0 Å². The van der Waals surface area contributed by atoms with Crippen LogP contribution in [-0.2, 0) is 69.6 Å². The van der Waals surface area contributed by atoms with E-state index >= 15 is 0 Å². The Morgan fingerprint density at radius 2 is 0.841 bits per heavy atom. The van der Waals surface area contributed by atoms with Crippen molar-refractivity contribution >= 4 is 61.5 Å². The van der Waals surface area contributed by atoms with Gasteiger partial charge in [-0.15, -0.1) is 12.4 Å². The van der Waals surface area contributed by atoms with Crippen molar-refractivity contribution in [1.82, 2.24) is 40.4 Å². The maximum Gasteiger partial charge on any atom is 0.320 e. The highest BCUT2D eigenvalue weighted by Crippen LogP contribution is 2.28. The van der Waals surface area contributed by atoms with Crippen LogP contribution in [0.1, 0.15) is 116 Å². The van der Waals surface area contributed by atoms with E-state index in [9.17, 15) is 40.8 Å². The molecule has 1 N–H and O–H groups in total. The average Bonchev–Trinajstić information content (AvgIpc) is 3.96. The van der Waals surface area contributed by atoms with Crippen LogP contribution in [0.2, 0.25) is 0 Å². The number of nitrogens with zero attached hydrogens (tertiary/aromatic N) is 7. The van der Waals surface area contributed by atoms with Gasteiger partial charge >= 0.3 is 12.1 Å². The Morgan fingerprint density at radius 3 is 1.07 bits per heavy atom. The molecule has 5 aliphatic heterocycles. The van der Waals surface area contributed by atoms with E-state index in [0.717, 1.165) is 30.0 Å². The van der Waals surface area contributed by atoms with E-state index < -0.39 is 31.8 Å². The number of aromatic nitrogens is 3. The SMILES string of the molecule is CC(C)(C)c1cc(CC(=O)[C@@H]2CCN2)on1.CC(C)(C)c1cc(CC(=O)[C@@H]2CCN2C(=O)N2CCS(=O)(=O)CC2)on1.CC(C)(C)c1cc(CC(=O)[C@@H]2CCN2C(=O)N2CCS(=O)(=O)CC2)on1.Cl. The third-order valence-corrected chi connectivity index (χ3v) is 16.0. The first kappa shape index (κ1) is 55.3. The Kier molecular flexibility index (Phi) is 17.4. The molecule has 0 unspecified atom stereocenters. The molecule has 0 spiro atoms. The lowest BCUT2D eigenvalue weighted by atomic mass is 9.91. The van der Waals surface area contributed by atoms with Crippen molar-refractivity contribution < 1.29 is 54.4 Å². The van der Waals surface area contributed by atoms with E-state index in [2.05, 4.69) is 41.6 Å². The first-order chi connectivity index (χ1) is 31.6. The van der Waals surface area contributed by atoms with Crippen LogP contribution in [0.4, 0.5) is 9.59 Å². The topological polar surface area (TPSA) is 257 Å². The quantitative estimate of drug-likeness (QED) is 0.319. The van der Waals surface area contributed by atoms with Gasteiger partial charge in [0.25, 0.3) is 0 Å². The molecule has 5 aliphatic rings. The minimum Gasteiger partial charge on any atom is -0.361 e. The summed E-state index contributed by atoms with van der Waals surface area (Å²) >= 11 is 0. The van der Waals surface area contributed by atoms with Gasteiger partial charge in [0, 0.05) is 73.7 Å². The highest BCUT2D eigenvalue weighted by molar-refractivity contribution is 7.91. The molecule has 0 saturated carbocycles. The smallest absolute Gasteiger partial charge is 0.320 e. The van der Waals surface area contributed by atoms with E-state index in [4.69, 9.17) is 13.6 Å². The second-order valence-electron chi connectivity index (χ2n) is 21.3. The number of sulfone groups is 2. The number of hydrogen-bond donors (Lipinski definition) is 1.